The SMILES string of the molecule is CCOc1ccc(C(O)c2ccc(C)nc2)cc1. The maximum atomic E-state index is 10.2. The molecule has 1 unspecified atom stereocenters. The Labute approximate surface area is 107 Å². The number of ether oxygens (including phenoxy) is 1. The molecule has 1 heterocycles. The molecular formula is C15H17NO2. The van der Waals surface area contributed by atoms with Crippen molar-refractivity contribution in [3.8, 4) is 5.75 Å². The van der Waals surface area contributed by atoms with Crippen molar-refractivity contribution in [2.75, 3.05) is 6.61 Å². The molecule has 0 saturated heterocycles. The van der Waals surface area contributed by atoms with Gasteiger partial charge in [0.2, 0.25) is 0 Å². The lowest BCUT2D eigenvalue weighted by Gasteiger charge is -2.12. The van der Waals surface area contributed by atoms with Crippen molar-refractivity contribution >= 4 is 0 Å². The molecule has 0 radical (unpaired) electrons. The average molecular weight is 243 g/mol. The van der Waals surface area contributed by atoms with Crippen molar-refractivity contribution in [1.82, 2.24) is 4.98 Å². The van der Waals surface area contributed by atoms with Crippen LogP contribution in [-0.4, -0.2) is 16.7 Å². The summed E-state index contributed by atoms with van der Waals surface area (Å²) in [5, 5.41) is 10.2. The van der Waals surface area contributed by atoms with Gasteiger partial charge in [-0.25, -0.2) is 0 Å². The molecule has 94 valence electrons. The van der Waals surface area contributed by atoms with Gasteiger partial charge in [0.05, 0.1) is 6.61 Å². The minimum Gasteiger partial charge on any atom is -0.494 e. The van der Waals surface area contributed by atoms with Gasteiger partial charge in [0, 0.05) is 17.5 Å². The average Bonchev–Trinajstić information content (AvgIpc) is 2.40. The lowest BCUT2D eigenvalue weighted by molar-refractivity contribution is 0.219. The number of hydrogen-bond acceptors (Lipinski definition) is 3. The first-order valence-corrected chi connectivity index (χ1v) is 6.04. The first-order valence-electron chi connectivity index (χ1n) is 6.04. The third-order valence-electron chi connectivity index (χ3n) is 2.76. The van der Waals surface area contributed by atoms with Gasteiger partial charge in [0.25, 0.3) is 0 Å². The third kappa shape index (κ3) is 2.87. The Morgan fingerprint density at radius 2 is 1.78 bits per heavy atom. The largest absolute Gasteiger partial charge is 0.494 e. The molecule has 0 fully saturated rings. The van der Waals surface area contributed by atoms with Crippen molar-refractivity contribution in [2.24, 2.45) is 0 Å². The summed E-state index contributed by atoms with van der Waals surface area (Å²) in [6.45, 7) is 4.51. The summed E-state index contributed by atoms with van der Waals surface area (Å²) in [6, 6.07) is 11.3. The molecule has 18 heavy (non-hydrogen) atoms. The second-order valence-corrected chi connectivity index (χ2v) is 4.14. The van der Waals surface area contributed by atoms with Crippen LogP contribution in [0.4, 0.5) is 0 Å². The Kier molecular flexibility index (Phi) is 3.95. The summed E-state index contributed by atoms with van der Waals surface area (Å²) in [7, 11) is 0. The molecule has 0 aliphatic carbocycles. The van der Waals surface area contributed by atoms with E-state index in [1.54, 1.807) is 6.20 Å². The van der Waals surface area contributed by atoms with Crippen molar-refractivity contribution in [3.05, 3.63) is 59.4 Å². The van der Waals surface area contributed by atoms with Crippen LogP contribution in [0.5, 0.6) is 5.75 Å². The number of nitrogens with zero attached hydrogens (tertiary/aromatic N) is 1. The summed E-state index contributed by atoms with van der Waals surface area (Å²) in [6.07, 6.45) is 1.06. The smallest absolute Gasteiger partial charge is 0.119 e. The van der Waals surface area contributed by atoms with Crippen molar-refractivity contribution in [1.29, 1.82) is 0 Å². The number of aryl methyl sites for hydroxylation is 1. The van der Waals surface area contributed by atoms with Crippen molar-refractivity contribution < 1.29 is 9.84 Å². The summed E-state index contributed by atoms with van der Waals surface area (Å²) in [5.41, 5.74) is 2.58. The van der Waals surface area contributed by atoms with E-state index in [9.17, 15) is 5.11 Å². The molecule has 2 rings (SSSR count). The Morgan fingerprint density at radius 1 is 1.11 bits per heavy atom. The van der Waals surface area contributed by atoms with Gasteiger partial charge < -0.3 is 9.84 Å². The predicted molar refractivity (Wildman–Crippen MR) is 70.6 cm³/mol. The second-order valence-electron chi connectivity index (χ2n) is 4.14. The standard InChI is InChI=1S/C15H17NO2/c1-3-18-14-8-6-12(7-9-14)15(17)13-5-4-11(2)16-10-13/h4-10,15,17H,3H2,1-2H3. The zero-order chi connectivity index (χ0) is 13.0. The predicted octanol–water partition coefficient (Wildman–Crippen LogP) is 2.87. The monoisotopic (exact) mass is 243 g/mol. The molecule has 3 nitrogen and oxygen atoms in total. The molecular weight excluding hydrogens is 226 g/mol. The van der Waals surface area contributed by atoms with E-state index in [-0.39, 0.29) is 0 Å². The van der Waals surface area contributed by atoms with E-state index in [1.165, 1.54) is 0 Å². The van der Waals surface area contributed by atoms with Crippen molar-refractivity contribution in [3.63, 3.8) is 0 Å². The molecule has 0 spiro atoms. The third-order valence-corrected chi connectivity index (χ3v) is 2.76. The fraction of sp³-hybridized carbons (Fsp3) is 0.267. The highest BCUT2D eigenvalue weighted by Crippen LogP contribution is 2.23. The molecule has 1 aromatic heterocycles. The Morgan fingerprint density at radius 3 is 2.33 bits per heavy atom. The van der Waals surface area contributed by atoms with Gasteiger partial charge in [-0.2, -0.15) is 0 Å². The highest BCUT2D eigenvalue weighted by Gasteiger charge is 2.10. The Balaban J connectivity index is 2.17. The fourth-order valence-electron chi connectivity index (χ4n) is 1.75. The van der Waals surface area contributed by atoms with Crippen molar-refractivity contribution in [2.45, 2.75) is 20.0 Å². The minimum absolute atomic E-state index is 0.643. The van der Waals surface area contributed by atoms with E-state index in [1.807, 2.05) is 50.2 Å². The molecule has 0 aliphatic heterocycles. The fourth-order valence-corrected chi connectivity index (χ4v) is 1.75. The number of pyridine rings is 1. The summed E-state index contributed by atoms with van der Waals surface area (Å²) >= 11 is 0. The molecule has 3 heteroatoms. The van der Waals surface area contributed by atoms with Crippen LogP contribution in [0, 0.1) is 6.92 Å². The van der Waals surface area contributed by atoms with E-state index < -0.39 is 6.10 Å². The molecule has 0 bridgehead atoms. The van der Waals surface area contributed by atoms with E-state index in [0.717, 1.165) is 22.6 Å². The zero-order valence-corrected chi connectivity index (χ0v) is 10.6. The topological polar surface area (TPSA) is 42.4 Å². The van der Waals surface area contributed by atoms with Crippen LogP contribution in [0.1, 0.15) is 29.8 Å². The number of aromatic nitrogens is 1. The van der Waals surface area contributed by atoms with E-state index in [2.05, 4.69) is 4.98 Å². The zero-order valence-electron chi connectivity index (χ0n) is 10.6. The number of aliphatic hydroxyl groups is 1. The lowest BCUT2D eigenvalue weighted by atomic mass is 10.0. The van der Waals surface area contributed by atoms with Crippen LogP contribution in [0.25, 0.3) is 0 Å². The Bertz CT molecular complexity index is 491. The maximum absolute atomic E-state index is 10.2. The summed E-state index contributed by atoms with van der Waals surface area (Å²) < 4.78 is 5.37. The minimum atomic E-state index is -0.645. The highest BCUT2D eigenvalue weighted by molar-refractivity contribution is 5.33. The molecule has 1 aromatic carbocycles. The van der Waals surface area contributed by atoms with Gasteiger partial charge in [0.1, 0.15) is 11.9 Å². The number of hydrogen-bond donors (Lipinski definition) is 1. The second kappa shape index (κ2) is 5.65. The van der Waals surface area contributed by atoms with Crippen LogP contribution in [0.2, 0.25) is 0 Å². The summed E-state index contributed by atoms with van der Waals surface area (Å²) in [5.74, 6) is 0.815. The van der Waals surface area contributed by atoms with Gasteiger partial charge in [-0.15, -0.1) is 0 Å². The molecule has 2 aromatic rings. The molecule has 0 aliphatic rings. The maximum Gasteiger partial charge on any atom is 0.119 e. The van der Waals surface area contributed by atoms with Gasteiger partial charge in [0.15, 0.2) is 0 Å². The Hall–Kier alpha value is -1.87. The lowest BCUT2D eigenvalue weighted by Crippen LogP contribution is -2.01. The molecule has 1 N–H and O–H groups in total. The van der Waals surface area contributed by atoms with Gasteiger partial charge in [-0.1, -0.05) is 18.2 Å². The van der Waals surface area contributed by atoms with Crippen LogP contribution in [0.3, 0.4) is 0 Å². The van der Waals surface area contributed by atoms with E-state index in [0.29, 0.717) is 6.61 Å². The highest BCUT2D eigenvalue weighted by atomic mass is 16.5. The van der Waals surface area contributed by atoms with E-state index in [4.69, 9.17) is 4.74 Å². The van der Waals surface area contributed by atoms with Crippen LogP contribution in [0.15, 0.2) is 42.6 Å². The number of benzene rings is 1. The molecule has 0 amide bonds. The van der Waals surface area contributed by atoms with Crippen LogP contribution < -0.4 is 4.74 Å². The normalized spacial score (nSPS) is 12.2. The molecule has 0 saturated carbocycles. The first kappa shape index (κ1) is 12.6. The van der Waals surface area contributed by atoms with Crippen LogP contribution in [-0.2, 0) is 0 Å². The summed E-state index contributed by atoms with van der Waals surface area (Å²) in [4.78, 5) is 4.19. The van der Waals surface area contributed by atoms with Crippen LogP contribution >= 0.6 is 0 Å². The van der Waals surface area contributed by atoms with Gasteiger partial charge in [-0.05, 0) is 37.6 Å². The van der Waals surface area contributed by atoms with E-state index >= 15 is 0 Å². The quantitative estimate of drug-likeness (QED) is 0.897. The first-order chi connectivity index (χ1) is 8.70. The molecule has 1 atom stereocenters. The van der Waals surface area contributed by atoms with Gasteiger partial charge >= 0.3 is 0 Å². The van der Waals surface area contributed by atoms with Gasteiger partial charge in [-0.3, -0.25) is 4.98 Å². The number of rotatable bonds is 4. The number of aliphatic hydroxyl groups excluding tert-OH is 1.